The van der Waals surface area contributed by atoms with Crippen LogP contribution in [0.15, 0.2) is 42.7 Å². The second kappa shape index (κ2) is 9.83. The van der Waals surface area contributed by atoms with Gasteiger partial charge in [0.15, 0.2) is 0 Å². The monoisotopic (exact) mass is 448 g/mol. The van der Waals surface area contributed by atoms with Gasteiger partial charge < -0.3 is 9.80 Å². The predicted octanol–water partition coefficient (Wildman–Crippen LogP) is 1.96. The number of nitrogens with zero attached hydrogens (tertiary/aromatic N) is 6. The summed E-state index contributed by atoms with van der Waals surface area (Å²) in [5.74, 6) is 0.807. The standard InChI is InChI=1S/C22H27F3N6O/c23-22(24,25)19-4-1-3-18(15-19)16-28-7-9-29(10-8-28)17-20(32)30-11-13-31(14-12-30)21-26-5-2-6-27-21/h1-6,15H,7-14,16-17H2. The van der Waals surface area contributed by atoms with Crippen LogP contribution in [0.1, 0.15) is 11.1 Å². The van der Waals surface area contributed by atoms with Crippen molar-refractivity contribution in [2.45, 2.75) is 12.7 Å². The zero-order chi connectivity index (χ0) is 22.6. The summed E-state index contributed by atoms with van der Waals surface area (Å²) in [6, 6.07) is 7.28. The number of halogens is 3. The van der Waals surface area contributed by atoms with Crippen LogP contribution in [-0.4, -0.2) is 89.5 Å². The van der Waals surface area contributed by atoms with Crippen molar-refractivity contribution in [3.63, 3.8) is 0 Å². The fraction of sp³-hybridized carbons (Fsp3) is 0.500. The molecule has 0 aliphatic carbocycles. The molecule has 10 heteroatoms. The smallest absolute Gasteiger partial charge is 0.338 e. The lowest BCUT2D eigenvalue weighted by atomic mass is 10.1. The molecule has 0 unspecified atom stereocenters. The van der Waals surface area contributed by atoms with Crippen molar-refractivity contribution in [3.05, 3.63) is 53.9 Å². The van der Waals surface area contributed by atoms with Gasteiger partial charge in [0.05, 0.1) is 12.1 Å². The Morgan fingerprint density at radius 3 is 2.19 bits per heavy atom. The van der Waals surface area contributed by atoms with Gasteiger partial charge in [0.2, 0.25) is 11.9 Å². The molecule has 0 spiro atoms. The zero-order valence-electron chi connectivity index (χ0n) is 17.8. The molecule has 32 heavy (non-hydrogen) atoms. The molecule has 2 aliphatic rings. The van der Waals surface area contributed by atoms with Crippen molar-refractivity contribution >= 4 is 11.9 Å². The maximum atomic E-state index is 12.9. The average molecular weight is 448 g/mol. The summed E-state index contributed by atoms with van der Waals surface area (Å²) in [5, 5.41) is 0. The normalized spacial score (nSPS) is 18.7. The highest BCUT2D eigenvalue weighted by Gasteiger charge is 2.30. The number of hydrogen-bond donors (Lipinski definition) is 0. The van der Waals surface area contributed by atoms with Crippen LogP contribution in [0.5, 0.6) is 0 Å². The Morgan fingerprint density at radius 1 is 0.875 bits per heavy atom. The molecular weight excluding hydrogens is 421 g/mol. The SMILES string of the molecule is O=C(CN1CCN(Cc2cccc(C(F)(F)F)c2)CC1)N1CCN(c2ncccn2)CC1. The number of anilines is 1. The van der Waals surface area contributed by atoms with Gasteiger partial charge in [0.1, 0.15) is 0 Å². The molecule has 1 aromatic carbocycles. The Morgan fingerprint density at radius 2 is 1.53 bits per heavy atom. The minimum Gasteiger partial charge on any atom is -0.338 e. The number of rotatable bonds is 5. The molecule has 0 saturated carbocycles. The van der Waals surface area contributed by atoms with Gasteiger partial charge in [-0.25, -0.2) is 9.97 Å². The summed E-state index contributed by atoms with van der Waals surface area (Å²) in [6.07, 6.45) is -0.895. The van der Waals surface area contributed by atoms with Crippen LogP contribution in [0.3, 0.4) is 0 Å². The first-order chi connectivity index (χ1) is 15.4. The summed E-state index contributed by atoms with van der Waals surface area (Å²) in [5.41, 5.74) is 0.0442. The van der Waals surface area contributed by atoms with Crippen molar-refractivity contribution in [1.29, 1.82) is 0 Å². The van der Waals surface area contributed by atoms with Crippen molar-refractivity contribution in [1.82, 2.24) is 24.7 Å². The van der Waals surface area contributed by atoms with E-state index >= 15 is 0 Å². The minimum atomic E-state index is -4.32. The highest BCUT2D eigenvalue weighted by molar-refractivity contribution is 5.78. The number of piperazine rings is 2. The molecule has 7 nitrogen and oxygen atoms in total. The first-order valence-corrected chi connectivity index (χ1v) is 10.8. The molecule has 1 aromatic heterocycles. The van der Waals surface area contributed by atoms with Crippen molar-refractivity contribution in [2.75, 3.05) is 63.8 Å². The molecule has 2 aliphatic heterocycles. The predicted molar refractivity (Wildman–Crippen MR) is 114 cm³/mol. The second-order valence-corrected chi connectivity index (χ2v) is 8.17. The summed E-state index contributed by atoms with van der Waals surface area (Å²) >= 11 is 0. The summed E-state index contributed by atoms with van der Waals surface area (Å²) in [6.45, 7) is 6.46. The van der Waals surface area contributed by atoms with Gasteiger partial charge in [0.25, 0.3) is 0 Å². The highest BCUT2D eigenvalue weighted by atomic mass is 19.4. The Hall–Kier alpha value is -2.72. The van der Waals surface area contributed by atoms with Gasteiger partial charge in [-0.2, -0.15) is 13.2 Å². The van der Waals surface area contributed by atoms with Gasteiger partial charge in [-0.1, -0.05) is 18.2 Å². The molecule has 0 atom stereocenters. The number of amides is 1. The Bertz CT molecular complexity index is 894. The van der Waals surface area contributed by atoms with E-state index in [0.717, 1.165) is 32.2 Å². The van der Waals surface area contributed by atoms with E-state index in [0.29, 0.717) is 50.8 Å². The van der Waals surface area contributed by atoms with Crippen molar-refractivity contribution < 1.29 is 18.0 Å². The third-order valence-electron chi connectivity index (χ3n) is 5.95. The maximum Gasteiger partial charge on any atom is 0.416 e. The zero-order valence-corrected chi connectivity index (χ0v) is 17.8. The number of carbonyl (C=O) groups is 1. The molecule has 172 valence electrons. The van der Waals surface area contributed by atoms with E-state index in [1.54, 1.807) is 24.5 Å². The quantitative estimate of drug-likeness (QED) is 0.697. The first kappa shape index (κ1) is 22.5. The fourth-order valence-corrected chi connectivity index (χ4v) is 4.11. The molecule has 0 bridgehead atoms. The van der Waals surface area contributed by atoms with E-state index in [1.807, 2.05) is 4.90 Å². The van der Waals surface area contributed by atoms with E-state index in [-0.39, 0.29) is 5.91 Å². The molecule has 2 aromatic rings. The average Bonchev–Trinajstić information content (AvgIpc) is 2.81. The topological polar surface area (TPSA) is 55.8 Å². The van der Waals surface area contributed by atoms with E-state index in [9.17, 15) is 18.0 Å². The molecule has 0 N–H and O–H groups in total. The number of carbonyl (C=O) groups excluding carboxylic acids is 1. The lowest BCUT2D eigenvalue weighted by Crippen LogP contribution is -2.54. The maximum absolute atomic E-state index is 12.9. The molecule has 0 radical (unpaired) electrons. The van der Waals surface area contributed by atoms with Crippen LogP contribution in [0.25, 0.3) is 0 Å². The van der Waals surface area contributed by atoms with E-state index in [1.165, 1.54) is 12.1 Å². The molecule has 3 heterocycles. The summed E-state index contributed by atoms with van der Waals surface area (Å²) < 4.78 is 38.7. The largest absolute Gasteiger partial charge is 0.416 e. The minimum absolute atomic E-state index is 0.116. The van der Waals surface area contributed by atoms with Crippen LogP contribution in [0.2, 0.25) is 0 Å². The van der Waals surface area contributed by atoms with Crippen LogP contribution >= 0.6 is 0 Å². The lowest BCUT2D eigenvalue weighted by molar-refractivity contribution is -0.137. The molecule has 2 fully saturated rings. The van der Waals surface area contributed by atoms with Crippen LogP contribution in [0, 0.1) is 0 Å². The Balaban J connectivity index is 1.20. The molecule has 2 saturated heterocycles. The number of aromatic nitrogens is 2. The van der Waals surface area contributed by atoms with Gasteiger partial charge >= 0.3 is 6.18 Å². The van der Waals surface area contributed by atoms with Gasteiger partial charge in [0, 0.05) is 71.3 Å². The third kappa shape index (κ3) is 5.74. The van der Waals surface area contributed by atoms with Crippen molar-refractivity contribution in [2.24, 2.45) is 0 Å². The first-order valence-electron chi connectivity index (χ1n) is 10.8. The fourth-order valence-electron chi connectivity index (χ4n) is 4.11. The third-order valence-corrected chi connectivity index (χ3v) is 5.95. The van der Waals surface area contributed by atoms with Crippen molar-refractivity contribution in [3.8, 4) is 0 Å². The number of alkyl halides is 3. The van der Waals surface area contributed by atoms with Crippen LogP contribution in [0.4, 0.5) is 19.1 Å². The van der Waals surface area contributed by atoms with Crippen LogP contribution < -0.4 is 4.90 Å². The summed E-state index contributed by atoms with van der Waals surface area (Å²) in [7, 11) is 0. The van der Waals surface area contributed by atoms with E-state index < -0.39 is 11.7 Å². The highest BCUT2D eigenvalue weighted by Crippen LogP contribution is 2.29. The van der Waals surface area contributed by atoms with E-state index in [2.05, 4.69) is 24.7 Å². The number of benzene rings is 1. The molecule has 1 amide bonds. The summed E-state index contributed by atoms with van der Waals surface area (Å²) in [4.78, 5) is 29.5. The van der Waals surface area contributed by atoms with E-state index in [4.69, 9.17) is 0 Å². The number of hydrogen-bond acceptors (Lipinski definition) is 6. The lowest BCUT2D eigenvalue weighted by Gasteiger charge is -2.38. The Kier molecular flexibility index (Phi) is 6.90. The Labute approximate surface area is 185 Å². The molecule has 4 rings (SSSR count). The second-order valence-electron chi connectivity index (χ2n) is 8.17. The van der Waals surface area contributed by atoms with Gasteiger partial charge in [-0.05, 0) is 17.7 Å². The van der Waals surface area contributed by atoms with Crippen LogP contribution in [-0.2, 0) is 17.5 Å². The van der Waals surface area contributed by atoms with Gasteiger partial charge in [-0.3, -0.25) is 14.6 Å². The van der Waals surface area contributed by atoms with Gasteiger partial charge in [-0.15, -0.1) is 0 Å². The molecular formula is C22H27F3N6O.